The molecule has 0 saturated carbocycles. The maximum Gasteiger partial charge on any atom is 0.248 e. The molecule has 0 saturated heterocycles. The van der Waals surface area contributed by atoms with Crippen molar-refractivity contribution in [2.75, 3.05) is 5.73 Å². The average Bonchev–Trinajstić information content (AvgIpc) is 2.76. The number of benzene rings is 1. The second-order valence-corrected chi connectivity index (χ2v) is 4.50. The lowest BCUT2D eigenvalue weighted by Crippen LogP contribution is -2.32. The first-order valence-corrected chi connectivity index (χ1v) is 5.83. The summed E-state index contributed by atoms with van der Waals surface area (Å²) in [4.78, 5) is 10.8. The number of aryl methyl sites for hydroxylation is 1. The highest BCUT2D eigenvalue weighted by Crippen LogP contribution is 2.22. The molecule has 100 valence electrons. The van der Waals surface area contributed by atoms with Crippen LogP contribution in [0.3, 0.4) is 0 Å². The molecule has 0 aliphatic rings. The van der Waals surface area contributed by atoms with Crippen molar-refractivity contribution in [1.29, 1.82) is 0 Å². The Hall–Kier alpha value is -2.34. The maximum absolute atomic E-state index is 10.8. The molecule has 0 fully saturated rings. The molecule has 1 aromatic carbocycles. The molecule has 1 aromatic heterocycles. The third kappa shape index (κ3) is 3.11. The van der Waals surface area contributed by atoms with E-state index < -0.39 is 12.0 Å². The van der Waals surface area contributed by atoms with Crippen molar-refractivity contribution in [1.82, 2.24) is 9.78 Å². The number of aromatic nitrogens is 2. The van der Waals surface area contributed by atoms with Crippen molar-refractivity contribution >= 4 is 11.6 Å². The van der Waals surface area contributed by atoms with Crippen LogP contribution < -0.4 is 11.5 Å². The van der Waals surface area contributed by atoms with Crippen molar-refractivity contribution in [2.45, 2.75) is 19.6 Å². The predicted molar refractivity (Wildman–Crippen MR) is 72.0 cm³/mol. The van der Waals surface area contributed by atoms with Gasteiger partial charge < -0.3 is 16.6 Å². The number of nitrogens with zero attached hydrogens (tertiary/aromatic N) is 2. The SMILES string of the molecule is Cc1cc(N)cc(-c2cnn(C[C@H](O)C(N)=O)c2)c1. The lowest BCUT2D eigenvalue weighted by atomic mass is 10.1. The Bertz CT molecular complexity index is 586. The first-order chi connectivity index (χ1) is 8.95. The normalized spacial score (nSPS) is 12.3. The van der Waals surface area contributed by atoms with Gasteiger partial charge in [-0.1, -0.05) is 6.07 Å². The molecule has 1 amide bonds. The van der Waals surface area contributed by atoms with Crippen LogP contribution in [0.1, 0.15) is 5.56 Å². The topological polar surface area (TPSA) is 107 Å². The number of rotatable bonds is 4. The summed E-state index contributed by atoms with van der Waals surface area (Å²) in [6.45, 7) is 2.00. The maximum atomic E-state index is 10.8. The third-order valence-electron chi connectivity index (χ3n) is 2.75. The van der Waals surface area contributed by atoms with Crippen LogP contribution in [0.25, 0.3) is 11.1 Å². The van der Waals surface area contributed by atoms with Gasteiger partial charge in [0.1, 0.15) is 0 Å². The number of anilines is 1. The summed E-state index contributed by atoms with van der Waals surface area (Å²) in [6, 6.07) is 5.71. The number of carbonyl (C=O) groups is 1. The highest BCUT2D eigenvalue weighted by molar-refractivity contribution is 5.78. The predicted octanol–water partition coefficient (Wildman–Crippen LogP) is 0.287. The van der Waals surface area contributed by atoms with E-state index in [1.807, 2.05) is 25.1 Å². The molecule has 6 nitrogen and oxygen atoms in total. The Morgan fingerprint density at radius 2 is 2.16 bits per heavy atom. The van der Waals surface area contributed by atoms with Gasteiger partial charge in [-0.05, 0) is 30.2 Å². The van der Waals surface area contributed by atoms with Gasteiger partial charge in [0.2, 0.25) is 5.91 Å². The van der Waals surface area contributed by atoms with Crippen molar-refractivity contribution in [3.8, 4) is 11.1 Å². The van der Waals surface area contributed by atoms with E-state index in [1.165, 1.54) is 4.68 Å². The molecule has 1 atom stereocenters. The zero-order chi connectivity index (χ0) is 14.0. The molecule has 0 bridgehead atoms. The van der Waals surface area contributed by atoms with Gasteiger partial charge in [0, 0.05) is 17.4 Å². The number of hydrogen-bond acceptors (Lipinski definition) is 4. The fraction of sp³-hybridized carbons (Fsp3) is 0.231. The standard InChI is InChI=1S/C13H16N4O2/c1-8-2-9(4-11(14)3-8)10-5-16-17(6-10)7-12(18)13(15)19/h2-6,12,18H,7,14H2,1H3,(H2,15,19)/t12-/m0/s1. The molecule has 2 rings (SSSR count). The lowest BCUT2D eigenvalue weighted by molar-refractivity contribution is -0.126. The van der Waals surface area contributed by atoms with Gasteiger partial charge in [-0.15, -0.1) is 0 Å². The van der Waals surface area contributed by atoms with E-state index in [2.05, 4.69) is 5.10 Å². The number of amides is 1. The molecule has 0 unspecified atom stereocenters. The van der Waals surface area contributed by atoms with E-state index in [0.29, 0.717) is 5.69 Å². The summed E-state index contributed by atoms with van der Waals surface area (Å²) in [5.74, 6) is -0.767. The Balaban J connectivity index is 2.23. The van der Waals surface area contributed by atoms with E-state index in [9.17, 15) is 9.90 Å². The minimum Gasteiger partial charge on any atom is -0.399 e. The molecule has 19 heavy (non-hydrogen) atoms. The quantitative estimate of drug-likeness (QED) is 0.686. The van der Waals surface area contributed by atoms with Gasteiger partial charge >= 0.3 is 0 Å². The minimum absolute atomic E-state index is 0.0383. The molecule has 0 radical (unpaired) electrons. The molecular formula is C13H16N4O2. The van der Waals surface area contributed by atoms with Crippen LogP contribution in [0, 0.1) is 6.92 Å². The number of hydrogen-bond donors (Lipinski definition) is 3. The number of nitrogen functional groups attached to an aromatic ring is 1. The van der Waals surface area contributed by atoms with Gasteiger partial charge in [0.15, 0.2) is 6.10 Å². The Morgan fingerprint density at radius 3 is 2.79 bits per heavy atom. The molecule has 0 spiro atoms. The molecule has 1 heterocycles. The van der Waals surface area contributed by atoms with E-state index in [1.54, 1.807) is 12.4 Å². The Morgan fingerprint density at radius 1 is 1.42 bits per heavy atom. The largest absolute Gasteiger partial charge is 0.399 e. The van der Waals surface area contributed by atoms with Gasteiger partial charge in [-0.2, -0.15) is 5.10 Å². The van der Waals surface area contributed by atoms with Gasteiger partial charge in [-0.3, -0.25) is 9.48 Å². The minimum atomic E-state index is -1.24. The molecule has 5 N–H and O–H groups in total. The lowest BCUT2D eigenvalue weighted by Gasteiger charge is -2.05. The summed E-state index contributed by atoms with van der Waals surface area (Å²) >= 11 is 0. The van der Waals surface area contributed by atoms with Crippen LogP contribution in [0.4, 0.5) is 5.69 Å². The summed E-state index contributed by atoms with van der Waals surface area (Å²) in [5, 5.41) is 13.5. The fourth-order valence-electron chi connectivity index (χ4n) is 1.86. The Kier molecular flexibility index (Phi) is 3.52. The molecule has 0 aliphatic heterocycles. The molecule has 6 heteroatoms. The monoisotopic (exact) mass is 260 g/mol. The highest BCUT2D eigenvalue weighted by atomic mass is 16.3. The van der Waals surface area contributed by atoms with E-state index in [4.69, 9.17) is 11.5 Å². The molecular weight excluding hydrogens is 244 g/mol. The number of aliphatic hydroxyl groups excluding tert-OH is 1. The smallest absolute Gasteiger partial charge is 0.248 e. The zero-order valence-corrected chi connectivity index (χ0v) is 10.6. The summed E-state index contributed by atoms with van der Waals surface area (Å²) in [7, 11) is 0. The van der Waals surface area contributed by atoms with Gasteiger partial charge in [0.05, 0.1) is 12.7 Å². The molecule has 0 aliphatic carbocycles. The number of carbonyl (C=O) groups excluding carboxylic acids is 1. The van der Waals surface area contributed by atoms with E-state index in [0.717, 1.165) is 16.7 Å². The number of primary amides is 1. The van der Waals surface area contributed by atoms with E-state index in [-0.39, 0.29) is 6.54 Å². The summed E-state index contributed by atoms with van der Waals surface area (Å²) in [5.41, 5.74) is 14.3. The number of aliphatic hydroxyl groups is 1. The average molecular weight is 260 g/mol. The van der Waals surface area contributed by atoms with Crippen LogP contribution in [0.15, 0.2) is 30.6 Å². The number of nitrogens with two attached hydrogens (primary N) is 2. The van der Waals surface area contributed by atoms with Crippen LogP contribution in [-0.2, 0) is 11.3 Å². The van der Waals surface area contributed by atoms with Crippen molar-refractivity contribution in [3.63, 3.8) is 0 Å². The van der Waals surface area contributed by atoms with Crippen molar-refractivity contribution in [2.24, 2.45) is 5.73 Å². The summed E-state index contributed by atoms with van der Waals surface area (Å²) in [6.07, 6.45) is 2.15. The first-order valence-electron chi connectivity index (χ1n) is 5.83. The second-order valence-electron chi connectivity index (χ2n) is 4.50. The van der Waals surface area contributed by atoms with Gasteiger partial charge in [0.25, 0.3) is 0 Å². The van der Waals surface area contributed by atoms with Crippen LogP contribution in [0.5, 0.6) is 0 Å². The molecule has 2 aromatic rings. The van der Waals surface area contributed by atoms with E-state index >= 15 is 0 Å². The second kappa shape index (κ2) is 5.11. The van der Waals surface area contributed by atoms with Crippen LogP contribution in [0.2, 0.25) is 0 Å². The first kappa shape index (κ1) is 13.1. The zero-order valence-electron chi connectivity index (χ0n) is 10.6. The third-order valence-corrected chi connectivity index (χ3v) is 2.75. The van der Waals surface area contributed by atoms with Crippen molar-refractivity contribution in [3.05, 3.63) is 36.2 Å². The van der Waals surface area contributed by atoms with Gasteiger partial charge in [-0.25, -0.2) is 0 Å². The Labute approximate surface area is 110 Å². The summed E-state index contributed by atoms with van der Waals surface area (Å²) < 4.78 is 1.48. The van der Waals surface area contributed by atoms with Crippen LogP contribution >= 0.6 is 0 Å². The van der Waals surface area contributed by atoms with Crippen LogP contribution in [-0.4, -0.2) is 26.9 Å². The van der Waals surface area contributed by atoms with Crippen molar-refractivity contribution < 1.29 is 9.90 Å². The fourth-order valence-corrected chi connectivity index (χ4v) is 1.86. The highest BCUT2D eigenvalue weighted by Gasteiger charge is 2.12.